The number of carbonyl (C=O) groups is 1. The van der Waals surface area contributed by atoms with Crippen molar-refractivity contribution in [2.75, 3.05) is 18.9 Å². The van der Waals surface area contributed by atoms with Gasteiger partial charge < -0.3 is 10.6 Å². The zero-order valence-electron chi connectivity index (χ0n) is 12.2. The van der Waals surface area contributed by atoms with E-state index in [9.17, 15) is 19.3 Å². The summed E-state index contributed by atoms with van der Waals surface area (Å²) in [5.74, 6) is -0.935. The number of anilines is 1. The number of hydrogen-bond donors (Lipinski definition) is 2. The van der Waals surface area contributed by atoms with E-state index in [0.29, 0.717) is 12.5 Å². The Morgan fingerprint density at radius 3 is 2.62 bits per heavy atom. The molecule has 0 heterocycles. The zero-order chi connectivity index (χ0) is 15.8. The molecule has 2 rings (SSSR count). The number of nitrogens with one attached hydrogen (secondary N) is 2. The maximum absolute atomic E-state index is 13.6. The monoisotopic (exact) mass is 295 g/mol. The van der Waals surface area contributed by atoms with E-state index in [1.165, 1.54) is 13.1 Å². The molecule has 2 N–H and O–H groups in total. The molecular formula is C14H18FN3O3. The molecule has 0 saturated heterocycles. The van der Waals surface area contributed by atoms with Crippen molar-refractivity contribution >= 4 is 17.3 Å². The smallest absolute Gasteiger partial charge is 0.285 e. The first-order chi connectivity index (χ1) is 9.76. The molecule has 1 aliphatic rings. The van der Waals surface area contributed by atoms with Crippen LogP contribution in [0.15, 0.2) is 12.1 Å². The van der Waals surface area contributed by atoms with Crippen molar-refractivity contribution in [1.82, 2.24) is 5.32 Å². The van der Waals surface area contributed by atoms with E-state index in [-0.39, 0.29) is 16.7 Å². The highest BCUT2D eigenvalue weighted by Crippen LogP contribution is 2.51. The quantitative estimate of drug-likeness (QED) is 0.646. The Morgan fingerprint density at radius 1 is 1.52 bits per heavy atom. The molecule has 1 amide bonds. The molecule has 0 bridgehead atoms. The summed E-state index contributed by atoms with van der Waals surface area (Å²) in [6, 6.07) is 1.93. The lowest BCUT2D eigenvalue weighted by Crippen LogP contribution is -2.27. The topological polar surface area (TPSA) is 84.3 Å². The van der Waals surface area contributed by atoms with Crippen molar-refractivity contribution < 1.29 is 14.1 Å². The van der Waals surface area contributed by atoms with Crippen molar-refractivity contribution in [1.29, 1.82) is 0 Å². The van der Waals surface area contributed by atoms with Crippen LogP contribution < -0.4 is 10.6 Å². The Hall–Kier alpha value is -2.18. The summed E-state index contributed by atoms with van der Waals surface area (Å²) in [6.45, 7) is 4.67. The Morgan fingerprint density at radius 2 is 2.14 bits per heavy atom. The number of nitrogens with zero attached hydrogens (tertiary/aromatic N) is 1. The van der Waals surface area contributed by atoms with Crippen molar-refractivity contribution in [3.63, 3.8) is 0 Å². The number of hydrogen-bond acceptors (Lipinski definition) is 4. The lowest BCUT2D eigenvalue weighted by Gasteiger charge is -2.09. The fourth-order valence-electron chi connectivity index (χ4n) is 2.32. The van der Waals surface area contributed by atoms with E-state index in [4.69, 9.17) is 0 Å². The molecule has 0 radical (unpaired) electrons. The normalized spacial score (nSPS) is 19.0. The number of nitro benzene ring substituents is 1. The number of nitro groups is 1. The summed E-state index contributed by atoms with van der Waals surface area (Å²) >= 11 is 0. The molecule has 0 aromatic heterocycles. The lowest BCUT2D eigenvalue weighted by molar-refractivity contribution is -0.385. The van der Waals surface area contributed by atoms with Gasteiger partial charge in [0.1, 0.15) is 5.56 Å². The van der Waals surface area contributed by atoms with Gasteiger partial charge in [-0.05, 0) is 23.8 Å². The average molecular weight is 295 g/mol. The van der Waals surface area contributed by atoms with Gasteiger partial charge in [0.25, 0.3) is 11.6 Å². The van der Waals surface area contributed by atoms with E-state index < -0.39 is 22.3 Å². The van der Waals surface area contributed by atoms with Crippen LogP contribution in [-0.4, -0.2) is 24.4 Å². The SMILES string of the molecule is CNc1cc(C(=O)NCC2CC2(C)C)c([N+](=O)[O-])cc1F. The average Bonchev–Trinajstić information content (AvgIpc) is 3.03. The molecule has 114 valence electrons. The van der Waals surface area contributed by atoms with E-state index in [0.717, 1.165) is 12.5 Å². The molecular weight excluding hydrogens is 277 g/mol. The third-order valence-electron chi connectivity index (χ3n) is 4.02. The highest BCUT2D eigenvalue weighted by Gasteiger charge is 2.45. The standard InChI is InChI=1S/C14H18FN3O3/c1-14(2)6-8(14)7-17-13(19)9-4-11(16-3)10(15)5-12(9)18(20)21/h4-5,8,16H,6-7H2,1-3H3,(H,17,19). The van der Waals surface area contributed by atoms with Gasteiger partial charge in [-0.1, -0.05) is 13.8 Å². The molecule has 1 fully saturated rings. The minimum Gasteiger partial charge on any atom is -0.386 e. The second-order valence-electron chi connectivity index (χ2n) is 5.96. The Balaban J connectivity index is 2.20. The van der Waals surface area contributed by atoms with Gasteiger partial charge in [-0.25, -0.2) is 4.39 Å². The number of amides is 1. The van der Waals surface area contributed by atoms with E-state index in [1.807, 2.05) is 0 Å². The number of carbonyl (C=O) groups excluding carboxylic acids is 1. The molecule has 1 aliphatic carbocycles. The van der Waals surface area contributed by atoms with Gasteiger partial charge in [-0.2, -0.15) is 0 Å². The molecule has 7 heteroatoms. The summed E-state index contributed by atoms with van der Waals surface area (Å²) in [6.07, 6.45) is 1.01. The van der Waals surface area contributed by atoms with Crippen LogP contribution >= 0.6 is 0 Å². The van der Waals surface area contributed by atoms with Gasteiger partial charge in [0.2, 0.25) is 0 Å². The molecule has 1 saturated carbocycles. The molecule has 1 aromatic rings. The van der Waals surface area contributed by atoms with Gasteiger partial charge >= 0.3 is 0 Å². The number of halogens is 1. The molecule has 6 nitrogen and oxygen atoms in total. The van der Waals surface area contributed by atoms with Crippen LogP contribution in [0.1, 0.15) is 30.6 Å². The fourth-order valence-corrected chi connectivity index (χ4v) is 2.32. The van der Waals surface area contributed by atoms with Crippen molar-refractivity contribution in [3.05, 3.63) is 33.6 Å². The highest BCUT2D eigenvalue weighted by molar-refractivity contribution is 5.99. The highest BCUT2D eigenvalue weighted by atomic mass is 19.1. The predicted octanol–water partition coefficient (Wildman–Crippen LogP) is 2.55. The van der Waals surface area contributed by atoms with Crippen molar-refractivity contribution in [3.8, 4) is 0 Å². The van der Waals surface area contributed by atoms with Crippen molar-refractivity contribution in [2.45, 2.75) is 20.3 Å². The zero-order valence-corrected chi connectivity index (χ0v) is 12.2. The van der Waals surface area contributed by atoms with Crippen molar-refractivity contribution in [2.24, 2.45) is 11.3 Å². The van der Waals surface area contributed by atoms with Crippen LogP contribution in [-0.2, 0) is 0 Å². The lowest BCUT2D eigenvalue weighted by atomic mass is 10.1. The number of rotatable bonds is 5. The van der Waals surface area contributed by atoms with Gasteiger partial charge in [-0.15, -0.1) is 0 Å². The van der Waals surface area contributed by atoms with E-state index >= 15 is 0 Å². The molecule has 0 aliphatic heterocycles. The molecule has 1 unspecified atom stereocenters. The van der Waals surface area contributed by atoms with Crippen LogP contribution in [0.2, 0.25) is 0 Å². The van der Waals surface area contributed by atoms with Crippen LogP contribution in [0, 0.1) is 27.3 Å². The molecule has 1 aromatic carbocycles. The summed E-state index contributed by atoms with van der Waals surface area (Å²) in [7, 11) is 1.48. The van der Waals surface area contributed by atoms with Crippen LogP contribution in [0.5, 0.6) is 0 Å². The van der Waals surface area contributed by atoms with Crippen LogP contribution in [0.3, 0.4) is 0 Å². The Kier molecular flexibility index (Phi) is 3.85. The summed E-state index contributed by atoms with van der Waals surface area (Å²) < 4.78 is 13.6. The van der Waals surface area contributed by atoms with Gasteiger partial charge in [0.05, 0.1) is 16.7 Å². The largest absolute Gasteiger partial charge is 0.386 e. The van der Waals surface area contributed by atoms with E-state index in [2.05, 4.69) is 24.5 Å². The predicted molar refractivity (Wildman–Crippen MR) is 76.8 cm³/mol. The molecule has 21 heavy (non-hydrogen) atoms. The maximum atomic E-state index is 13.6. The van der Waals surface area contributed by atoms with Gasteiger partial charge in [0, 0.05) is 13.6 Å². The maximum Gasteiger partial charge on any atom is 0.285 e. The van der Waals surface area contributed by atoms with Crippen LogP contribution in [0.25, 0.3) is 0 Å². The summed E-state index contributed by atoms with van der Waals surface area (Å²) in [5.41, 5.74) is -0.404. The first-order valence-corrected chi connectivity index (χ1v) is 6.70. The minimum absolute atomic E-state index is 0.0532. The minimum atomic E-state index is -0.760. The summed E-state index contributed by atoms with van der Waals surface area (Å²) in [4.78, 5) is 22.3. The Bertz CT molecular complexity index is 601. The fraction of sp³-hybridized carbons (Fsp3) is 0.500. The van der Waals surface area contributed by atoms with Crippen LogP contribution in [0.4, 0.5) is 15.8 Å². The Labute approximate surface area is 121 Å². The molecule has 1 atom stereocenters. The van der Waals surface area contributed by atoms with E-state index in [1.54, 1.807) is 0 Å². The van der Waals surface area contributed by atoms with Gasteiger partial charge in [-0.3, -0.25) is 14.9 Å². The first-order valence-electron chi connectivity index (χ1n) is 6.70. The third kappa shape index (κ3) is 3.12. The summed E-state index contributed by atoms with van der Waals surface area (Å²) in [5, 5.41) is 16.2. The first kappa shape index (κ1) is 15.2. The third-order valence-corrected chi connectivity index (χ3v) is 4.02. The number of benzene rings is 1. The second kappa shape index (κ2) is 5.31. The molecule has 0 spiro atoms. The second-order valence-corrected chi connectivity index (χ2v) is 5.96. The van der Waals surface area contributed by atoms with Gasteiger partial charge in [0.15, 0.2) is 5.82 Å².